The van der Waals surface area contributed by atoms with Gasteiger partial charge in [0.1, 0.15) is 0 Å². The molecule has 8 rings (SSSR count). The summed E-state index contributed by atoms with van der Waals surface area (Å²) in [6.45, 7) is 20.2. The van der Waals surface area contributed by atoms with E-state index in [1.807, 2.05) is 0 Å². The smallest absolute Gasteiger partial charge is 0.0520 e. The van der Waals surface area contributed by atoms with E-state index in [0.29, 0.717) is 0 Å². The van der Waals surface area contributed by atoms with Crippen molar-refractivity contribution in [3.63, 3.8) is 0 Å². The van der Waals surface area contributed by atoms with E-state index in [0.717, 1.165) is 22.7 Å². The van der Waals surface area contributed by atoms with E-state index < -0.39 is 5.41 Å². The van der Waals surface area contributed by atoms with Crippen LogP contribution in [0.5, 0.6) is 0 Å². The van der Waals surface area contributed by atoms with Crippen molar-refractivity contribution in [1.82, 2.24) is 0 Å². The van der Waals surface area contributed by atoms with Gasteiger partial charge in [-0.15, -0.1) is 0 Å². The highest BCUT2D eigenvalue weighted by Crippen LogP contribution is 2.56. The second-order valence-corrected chi connectivity index (χ2v) is 15.8. The number of para-hydroxylation sites is 2. The lowest BCUT2D eigenvalue weighted by Gasteiger charge is -2.33. The predicted octanol–water partition coefficient (Wildman–Crippen LogP) is 14.4. The molecule has 1 aliphatic carbocycles. The second-order valence-electron chi connectivity index (χ2n) is 15.8. The largest absolute Gasteiger partial charge is 0.310 e. The van der Waals surface area contributed by atoms with Crippen LogP contribution in [-0.2, 0) is 5.41 Å². The number of fused-ring (bicyclic) bond motifs is 3. The molecule has 0 bridgehead atoms. The molecule has 0 fully saturated rings. The van der Waals surface area contributed by atoms with Crippen LogP contribution in [0.4, 0.5) is 34.1 Å². The molecule has 0 aliphatic heterocycles. The molecular formula is C52H50N2. The average molecular weight is 703 g/mol. The molecule has 0 heterocycles. The monoisotopic (exact) mass is 702 g/mol. The van der Waals surface area contributed by atoms with Crippen molar-refractivity contribution in [2.45, 2.75) is 67.7 Å². The third-order valence-corrected chi connectivity index (χ3v) is 11.4. The quantitative estimate of drug-likeness (QED) is 0.163. The Morgan fingerprint density at radius 1 is 0.352 bits per heavy atom. The zero-order chi connectivity index (χ0) is 37.9. The highest BCUT2D eigenvalue weighted by molar-refractivity contribution is 5.91. The van der Waals surface area contributed by atoms with E-state index in [4.69, 9.17) is 0 Å². The fourth-order valence-electron chi connectivity index (χ4n) is 9.38. The summed E-state index contributed by atoms with van der Waals surface area (Å²) in [5.74, 6) is 0. The van der Waals surface area contributed by atoms with Crippen LogP contribution in [0.25, 0.3) is 11.1 Å². The molecule has 7 aromatic carbocycles. The Bertz CT molecular complexity index is 2330. The first-order valence-electron chi connectivity index (χ1n) is 19.2. The minimum atomic E-state index is -0.410. The van der Waals surface area contributed by atoms with Gasteiger partial charge in [-0.25, -0.2) is 0 Å². The SMILES string of the molecule is Cc1cc(C)cc(C2(C)c3cc(N(c4ccccc4)c4c(C)cc(C)cc4C)ccc3-c3ccc(N(c4ccccc4)c4c(C)cc(C)cc4C)cc32)c1. The van der Waals surface area contributed by atoms with Crippen LogP contribution in [0.1, 0.15) is 68.1 Å². The van der Waals surface area contributed by atoms with Crippen LogP contribution >= 0.6 is 0 Å². The molecule has 7 aromatic rings. The van der Waals surface area contributed by atoms with Gasteiger partial charge in [-0.05, 0) is 161 Å². The van der Waals surface area contributed by atoms with Crippen LogP contribution in [0.2, 0.25) is 0 Å². The number of anilines is 6. The Hall–Kier alpha value is -5.86. The van der Waals surface area contributed by atoms with Crippen molar-refractivity contribution < 1.29 is 0 Å². The molecule has 0 amide bonds. The Morgan fingerprint density at radius 2 is 0.704 bits per heavy atom. The summed E-state index contributed by atoms with van der Waals surface area (Å²) >= 11 is 0. The third-order valence-electron chi connectivity index (χ3n) is 11.4. The first-order valence-corrected chi connectivity index (χ1v) is 19.2. The highest BCUT2D eigenvalue weighted by atomic mass is 15.2. The molecule has 0 saturated heterocycles. The van der Waals surface area contributed by atoms with Crippen molar-refractivity contribution in [2.24, 2.45) is 0 Å². The standard InChI is InChI=1S/C52H50N2/c1-33-24-34(2)30-41(29-33)52(9)48-31-44(53(42-16-12-10-13-17-42)50-37(5)25-35(3)26-38(50)6)20-22-46(48)47-23-21-45(32-49(47)52)54(43-18-14-11-15-19-43)51-39(7)27-36(4)28-40(51)8/h10-32H,1-9H3. The topological polar surface area (TPSA) is 6.48 Å². The van der Waals surface area contributed by atoms with Crippen LogP contribution < -0.4 is 9.80 Å². The summed E-state index contributed by atoms with van der Waals surface area (Å²) in [5.41, 5.74) is 23.4. The lowest BCUT2D eigenvalue weighted by atomic mass is 9.73. The number of hydrogen-bond acceptors (Lipinski definition) is 2. The van der Waals surface area contributed by atoms with Crippen LogP contribution in [0.15, 0.2) is 140 Å². The minimum Gasteiger partial charge on any atom is -0.310 e. The van der Waals surface area contributed by atoms with Gasteiger partial charge in [0.15, 0.2) is 0 Å². The zero-order valence-electron chi connectivity index (χ0n) is 33.2. The lowest BCUT2D eigenvalue weighted by Crippen LogP contribution is -2.24. The van der Waals surface area contributed by atoms with Crippen LogP contribution in [0.3, 0.4) is 0 Å². The van der Waals surface area contributed by atoms with Gasteiger partial charge < -0.3 is 9.80 Å². The van der Waals surface area contributed by atoms with Gasteiger partial charge in [0, 0.05) is 28.2 Å². The van der Waals surface area contributed by atoms with E-state index >= 15 is 0 Å². The Balaban J connectivity index is 1.38. The summed E-state index contributed by atoms with van der Waals surface area (Å²) in [7, 11) is 0. The van der Waals surface area contributed by atoms with E-state index in [1.165, 1.54) is 83.7 Å². The van der Waals surface area contributed by atoms with E-state index in [9.17, 15) is 0 Å². The molecule has 2 heteroatoms. The summed E-state index contributed by atoms with van der Waals surface area (Å²) < 4.78 is 0. The van der Waals surface area contributed by atoms with Gasteiger partial charge in [-0.2, -0.15) is 0 Å². The summed E-state index contributed by atoms with van der Waals surface area (Å²) in [6.07, 6.45) is 0. The second kappa shape index (κ2) is 13.5. The maximum atomic E-state index is 2.47. The van der Waals surface area contributed by atoms with Gasteiger partial charge in [0.2, 0.25) is 0 Å². The maximum Gasteiger partial charge on any atom is 0.0520 e. The number of rotatable bonds is 7. The van der Waals surface area contributed by atoms with Crippen molar-refractivity contribution >= 4 is 34.1 Å². The Morgan fingerprint density at radius 3 is 1.07 bits per heavy atom. The van der Waals surface area contributed by atoms with Crippen molar-refractivity contribution in [1.29, 1.82) is 0 Å². The third kappa shape index (κ3) is 5.91. The molecule has 0 saturated carbocycles. The van der Waals surface area contributed by atoms with Gasteiger partial charge in [-0.1, -0.05) is 113 Å². The fraction of sp³-hybridized carbons (Fsp3) is 0.192. The molecule has 0 atom stereocenters. The fourth-order valence-corrected chi connectivity index (χ4v) is 9.38. The number of hydrogen-bond donors (Lipinski definition) is 0. The van der Waals surface area contributed by atoms with Crippen molar-refractivity contribution in [3.8, 4) is 11.1 Å². The Kier molecular flexibility index (Phi) is 8.81. The van der Waals surface area contributed by atoms with Gasteiger partial charge in [-0.3, -0.25) is 0 Å². The summed E-state index contributed by atoms with van der Waals surface area (Å²) in [4.78, 5) is 4.92. The molecule has 0 aromatic heterocycles. The number of benzene rings is 7. The summed E-state index contributed by atoms with van der Waals surface area (Å²) in [6, 6.07) is 52.3. The molecule has 1 aliphatic rings. The molecule has 0 unspecified atom stereocenters. The average Bonchev–Trinajstić information content (AvgIpc) is 3.39. The molecule has 0 N–H and O–H groups in total. The molecule has 0 radical (unpaired) electrons. The van der Waals surface area contributed by atoms with E-state index in [-0.39, 0.29) is 0 Å². The molecule has 268 valence electrons. The Labute approximate surface area is 322 Å². The first kappa shape index (κ1) is 35.2. The summed E-state index contributed by atoms with van der Waals surface area (Å²) in [5, 5.41) is 0. The molecule has 0 spiro atoms. The minimum absolute atomic E-state index is 0.410. The molecule has 2 nitrogen and oxygen atoms in total. The first-order chi connectivity index (χ1) is 25.9. The normalized spacial score (nSPS) is 12.7. The van der Waals surface area contributed by atoms with Crippen molar-refractivity contribution in [2.75, 3.05) is 9.80 Å². The zero-order valence-corrected chi connectivity index (χ0v) is 33.2. The van der Waals surface area contributed by atoms with E-state index in [1.54, 1.807) is 0 Å². The van der Waals surface area contributed by atoms with Crippen LogP contribution in [-0.4, -0.2) is 0 Å². The maximum absolute atomic E-state index is 2.47. The predicted molar refractivity (Wildman–Crippen MR) is 231 cm³/mol. The number of nitrogens with zero attached hydrogens (tertiary/aromatic N) is 2. The van der Waals surface area contributed by atoms with Gasteiger partial charge >= 0.3 is 0 Å². The number of aryl methyl sites for hydroxylation is 8. The van der Waals surface area contributed by atoms with E-state index in [2.05, 4.69) is 212 Å². The molecular weight excluding hydrogens is 653 g/mol. The van der Waals surface area contributed by atoms with Crippen molar-refractivity contribution in [3.05, 3.63) is 201 Å². The van der Waals surface area contributed by atoms with Gasteiger partial charge in [0.25, 0.3) is 0 Å². The lowest BCUT2D eigenvalue weighted by molar-refractivity contribution is 0.712. The van der Waals surface area contributed by atoms with Gasteiger partial charge in [0.05, 0.1) is 11.4 Å². The highest BCUT2D eigenvalue weighted by Gasteiger charge is 2.42. The van der Waals surface area contributed by atoms with Crippen LogP contribution in [0, 0.1) is 55.4 Å². The molecule has 54 heavy (non-hydrogen) atoms.